The van der Waals surface area contributed by atoms with Gasteiger partial charge in [0.2, 0.25) is 0 Å². The molecule has 3 rings (SSSR count). The molecule has 0 aliphatic carbocycles. The van der Waals surface area contributed by atoms with Crippen LogP contribution in [0.4, 0.5) is 5.69 Å². The van der Waals surface area contributed by atoms with Crippen LogP contribution in [0.1, 0.15) is 43.9 Å². The number of non-ortho nitro benzene ring substituents is 1. The first kappa shape index (κ1) is 21.5. The fourth-order valence-electron chi connectivity index (χ4n) is 2.85. The van der Waals surface area contributed by atoms with Crippen LogP contribution in [-0.2, 0) is 22.7 Å². The van der Waals surface area contributed by atoms with Crippen LogP contribution in [0.5, 0.6) is 0 Å². The molecule has 1 aromatic carbocycles. The second-order valence-electron chi connectivity index (χ2n) is 6.92. The lowest BCUT2D eigenvalue weighted by atomic mass is 10.1. The van der Waals surface area contributed by atoms with E-state index >= 15 is 0 Å². The summed E-state index contributed by atoms with van der Waals surface area (Å²) in [6.45, 7) is 5.89. The molecule has 0 N–H and O–H groups in total. The van der Waals surface area contributed by atoms with Crippen molar-refractivity contribution >= 4 is 23.4 Å². The zero-order chi connectivity index (χ0) is 21.7. The van der Waals surface area contributed by atoms with E-state index in [4.69, 9.17) is 9.72 Å². The average molecular weight is 426 g/mol. The number of rotatable bonds is 8. The zero-order valence-corrected chi connectivity index (χ0v) is 17.8. The summed E-state index contributed by atoms with van der Waals surface area (Å²) in [5, 5.41) is 12.0. The Hall–Kier alpha value is -3.20. The second-order valence-corrected chi connectivity index (χ2v) is 7.98. The Kier molecular flexibility index (Phi) is 6.83. The van der Waals surface area contributed by atoms with Gasteiger partial charge in [0.05, 0.1) is 22.9 Å². The van der Waals surface area contributed by atoms with Crippen molar-refractivity contribution in [3.63, 3.8) is 0 Å². The van der Waals surface area contributed by atoms with E-state index in [1.165, 1.54) is 24.8 Å². The molecule has 156 valence electrons. The third-order valence-corrected chi connectivity index (χ3v) is 5.38. The molecule has 0 spiro atoms. The molecule has 2 aromatic heterocycles. The predicted molar refractivity (Wildman–Crippen MR) is 112 cm³/mol. The Balaban J connectivity index is 2.06. The molecule has 0 saturated heterocycles. The number of benzene rings is 1. The molecule has 0 unspecified atom stereocenters. The summed E-state index contributed by atoms with van der Waals surface area (Å²) in [5.74, 6) is 0.320. The van der Waals surface area contributed by atoms with Crippen LogP contribution in [0.3, 0.4) is 0 Å². The summed E-state index contributed by atoms with van der Waals surface area (Å²) in [5.41, 5.74) is 1.70. The van der Waals surface area contributed by atoms with Gasteiger partial charge in [-0.25, -0.2) is 4.98 Å². The molecule has 0 atom stereocenters. The highest BCUT2D eigenvalue weighted by Crippen LogP contribution is 2.36. The van der Waals surface area contributed by atoms with Gasteiger partial charge in [-0.1, -0.05) is 37.7 Å². The zero-order valence-electron chi connectivity index (χ0n) is 16.9. The van der Waals surface area contributed by atoms with Gasteiger partial charge in [-0.3, -0.25) is 19.9 Å². The summed E-state index contributed by atoms with van der Waals surface area (Å²) in [4.78, 5) is 32.0. The van der Waals surface area contributed by atoms with E-state index in [-0.39, 0.29) is 24.2 Å². The largest absolute Gasteiger partial charge is 0.458 e. The van der Waals surface area contributed by atoms with Crippen LogP contribution in [0.2, 0.25) is 0 Å². The number of hydrogen-bond donors (Lipinski definition) is 0. The number of esters is 1. The number of nitrogens with zero attached hydrogens (tertiary/aromatic N) is 4. The van der Waals surface area contributed by atoms with E-state index in [0.717, 1.165) is 21.3 Å². The molecule has 0 fully saturated rings. The number of carbonyl (C=O) groups excluding carboxylic acids is 1. The summed E-state index contributed by atoms with van der Waals surface area (Å²) in [6, 6.07) is 12.1. The molecule has 0 radical (unpaired) electrons. The quantitative estimate of drug-likeness (QED) is 0.295. The lowest BCUT2D eigenvalue weighted by Gasteiger charge is -2.13. The lowest BCUT2D eigenvalue weighted by Crippen LogP contribution is -2.10. The Labute approximate surface area is 178 Å². The third-order valence-electron chi connectivity index (χ3n) is 4.27. The fraction of sp³-hybridized carbons (Fsp3) is 0.286. The minimum absolute atomic E-state index is 0.0297. The van der Waals surface area contributed by atoms with E-state index < -0.39 is 4.92 Å². The molecule has 0 aliphatic heterocycles. The van der Waals surface area contributed by atoms with E-state index in [1.807, 2.05) is 42.7 Å². The minimum atomic E-state index is -0.412. The van der Waals surface area contributed by atoms with Gasteiger partial charge in [0.1, 0.15) is 17.5 Å². The maximum Gasteiger partial charge on any atom is 0.303 e. The van der Waals surface area contributed by atoms with Gasteiger partial charge in [0, 0.05) is 30.1 Å². The van der Waals surface area contributed by atoms with Crippen LogP contribution >= 0.6 is 11.8 Å². The van der Waals surface area contributed by atoms with Crippen LogP contribution in [-0.4, -0.2) is 25.4 Å². The number of nitro benzene ring substituents is 1. The highest BCUT2D eigenvalue weighted by molar-refractivity contribution is 7.99. The number of hydrogen-bond acceptors (Lipinski definition) is 7. The molecule has 0 aliphatic rings. The summed E-state index contributed by atoms with van der Waals surface area (Å²) in [6.07, 6.45) is 1.72. The van der Waals surface area contributed by atoms with Gasteiger partial charge in [-0.2, -0.15) is 0 Å². The fourth-order valence-corrected chi connectivity index (χ4v) is 4.07. The Morgan fingerprint density at radius 2 is 2.07 bits per heavy atom. The van der Waals surface area contributed by atoms with Crippen molar-refractivity contribution in [1.29, 1.82) is 0 Å². The van der Waals surface area contributed by atoms with Crippen LogP contribution in [0.25, 0.3) is 0 Å². The van der Waals surface area contributed by atoms with Crippen molar-refractivity contribution in [2.75, 3.05) is 0 Å². The lowest BCUT2D eigenvalue weighted by molar-refractivity contribution is -0.385. The normalized spacial score (nSPS) is 10.9. The first-order valence-corrected chi connectivity index (χ1v) is 10.2. The van der Waals surface area contributed by atoms with Crippen molar-refractivity contribution in [2.45, 2.75) is 49.8 Å². The summed E-state index contributed by atoms with van der Waals surface area (Å²) < 4.78 is 7.18. The highest BCUT2D eigenvalue weighted by Gasteiger charge is 2.22. The molecule has 3 aromatic rings. The Bertz CT molecular complexity index is 1050. The van der Waals surface area contributed by atoms with Gasteiger partial charge in [0.15, 0.2) is 0 Å². The molecule has 8 nitrogen and oxygen atoms in total. The number of pyridine rings is 1. The smallest absolute Gasteiger partial charge is 0.303 e. The first-order valence-electron chi connectivity index (χ1n) is 9.40. The van der Waals surface area contributed by atoms with Gasteiger partial charge in [0.25, 0.3) is 5.69 Å². The van der Waals surface area contributed by atoms with Crippen molar-refractivity contribution in [1.82, 2.24) is 14.5 Å². The van der Waals surface area contributed by atoms with Gasteiger partial charge >= 0.3 is 5.97 Å². The summed E-state index contributed by atoms with van der Waals surface area (Å²) in [7, 11) is 0. The molecular weight excluding hydrogens is 404 g/mol. The van der Waals surface area contributed by atoms with Crippen LogP contribution in [0.15, 0.2) is 58.6 Å². The van der Waals surface area contributed by atoms with Gasteiger partial charge in [-0.15, -0.1) is 0 Å². The van der Waals surface area contributed by atoms with E-state index in [1.54, 1.807) is 18.3 Å². The van der Waals surface area contributed by atoms with Crippen molar-refractivity contribution in [3.05, 3.63) is 76.0 Å². The molecule has 30 heavy (non-hydrogen) atoms. The number of imidazole rings is 1. The number of nitro groups is 1. The first-order chi connectivity index (χ1) is 14.3. The molecule has 0 amide bonds. The van der Waals surface area contributed by atoms with Crippen molar-refractivity contribution in [3.8, 4) is 0 Å². The van der Waals surface area contributed by atoms with E-state index in [2.05, 4.69) is 4.98 Å². The highest BCUT2D eigenvalue weighted by atomic mass is 32.2. The number of carbonyl (C=O) groups is 1. The topological polar surface area (TPSA) is 100 Å². The Morgan fingerprint density at radius 3 is 2.70 bits per heavy atom. The van der Waals surface area contributed by atoms with E-state index in [9.17, 15) is 14.9 Å². The van der Waals surface area contributed by atoms with Crippen LogP contribution in [0, 0.1) is 10.1 Å². The minimum Gasteiger partial charge on any atom is -0.458 e. The third kappa shape index (κ3) is 5.24. The van der Waals surface area contributed by atoms with Crippen molar-refractivity contribution in [2.24, 2.45) is 0 Å². The average Bonchev–Trinajstić information content (AvgIpc) is 3.05. The van der Waals surface area contributed by atoms with E-state index in [0.29, 0.717) is 12.4 Å². The second kappa shape index (κ2) is 9.53. The number of aromatic nitrogens is 3. The monoisotopic (exact) mass is 426 g/mol. The standard InChI is InChI=1S/C21H22N4O4S/c1-14(2)20-21(30-18-9-6-8-17(11-18)25(27)28)24(12-16-7-4-5-10-22-16)19(23-20)13-29-15(3)26/h4-11,14H,12-13H2,1-3H3. The Morgan fingerprint density at radius 1 is 1.27 bits per heavy atom. The molecular formula is C21H22N4O4S. The molecule has 0 bridgehead atoms. The predicted octanol–water partition coefficient (Wildman–Crippen LogP) is 4.57. The SMILES string of the molecule is CC(=O)OCc1nc(C(C)C)c(Sc2cccc([N+](=O)[O-])c2)n1Cc1ccccn1. The van der Waals surface area contributed by atoms with Crippen molar-refractivity contribution < 1.29 is 14.5 Å². The summed E-state index contributed by atoms with van der Waals surface area (Å²) >= 11 is 1.40. The molecule has 2 heterocycles. The number of ether oxygens (including phenoxy) is 1. The van der Waals surface area contributed by atoms with Crippen LogP contribution < -0.4 is 0 Å². The van der Waals surface area contributed by atoms with Gasteiger partial charge in [-0.05, 0) is 24.1 Å². The maximum absolute atomic E-state index is 11.4. The van der Waals surface area contributed by atoms with Gasteiger partial charge < -0.3 is 9.30 Å². The molecule has 0 saturated carbocycles. The maximum atomic E-state index is 11.4. The molecule has 9 heteroatoms.